The molecule has 6 heteroatoms. The number of carbonyl (C=O) groups is 2. The zero-order valence-corrected chi connectivity index (χ0v) is 12.7. The fraction of sp³-hybridized carbons (Fsp3) is 0.385. The summed E-state index contributed by atoms with van der Waals surface area (Å²) < 4.78 is 0.898. The highest BCUT2D eigenvalue weighted by molar-refractivity contribution is 9.10. The minimum Gasteiger partial charge on any atom is -0.295 e. The number of rotatable bonds is 5. The molecule has 0 radical (unpaired) electrons. The molecule has 0 bridgehead atoms. The van der Waals surface area contributed by atoms with Gasteiger partial charge in [-0.3, -0.25) is 25.3 Å². The zero-order valence-electron chi connectivity index (χ0n) is 11.1. The molecule has 1 rings (SSSR count). The number of benzene rings is 1. The molecule has 0 saturated carbocycles. The Balaban J connectivity index is 2.41. The van der Waals surface area contributed by atoms with Crippen molar-refractivity contribution >= 4 is 27.7 Å². The van der Waals surface area contributed by atoms with E-state index < -0.39 is 0 Å². The molecule has 0 aliphatic heterocycles. The third kappa shape index (κ3) is 5.40. The molecule has 0 spiro atoms. The maximum Gasteiger partial charge on any atom is 0.269 e. The van der Waals surface area contributed by atoms with Gasteiger partial charge < -0.3 is 0 Å². The molecule has 0 atom stereocenters. The van der Waals surface area contributed by atoms with Gasteiger partial charge in [0, 0.05) is 10.0 Å². The second-order valence-electron chi connectivity index (χ2n) is 3.97. The number of nitrogens with zero attached hydrogens (tertiary/aromatic N) is 1. The number of likely N-dealkylation sites (N-methyl/N-ethyl adjacent to an activating group) is 1. The van der Waals surface area contributed by atoms with E-state index in [0.717, 1.165) is 17.6 Å². The van der Waals surface area contributed by atoms with Crippen LogP contribution in [0.2, 0.25) is 0 Å². The lowest BCUT2D eigenvalue weighted by atomic mass is 10.2. The normalized spacial score (nSPS) is 10.3. The van der Waals surface area contributed by atoms with Crippen LogP contribution in [0.15, 0.2) is 28.7 Å². The van der Waals surface area contributed by atoms with Gasteiger partial charge >= 0.3 is 0 Å². The van der Waals surface area contributed by atoms with E-state index >= 15 is 0 Å². The lowest BCUT2D eigenvalue weighted by Crippen LogP contribution is -2.46. The van der Waals surface area contributed by atoms with Crippen molar-refractivity contribution in [1.82, 2.24) is 15.8 Å². The van der Waals surface area contributed by atoms with Gasteiger partial charge in [-0.15, -0.1) is 0 Å². The second kappa shape index (κ2) is 7.91. The van der Waals surface area contributed by atoms with Crippen molar-refractivity contribution in [2.45, 2.75) is 13.8 Å². The van der Waals surface area contributed by atoms with Crippen molar-refractivity contribution in [1.29, 1.82) is 0 Å². The van der Waals surface area contributed by atoms with Crippen molar-refractivity contribution in [3.05, 3.63) is 34.3 Å². The fourth-order valence-electron chi connectivity index (χ4n) is 1.49. The fourth-order valence-corrected chi connectivity index (χ4v) is 1.75. The van der Waals surface area contributed by atoms with Gasteiger partial charge in [0.1, 0.15) is 0 Å². The molecule has 19 heavy (non-hydrogen) atoms. The smallest absolute Gasteiger partial charge is 0.269 e. The number of hydrogen-bond acceptors (Lipinski definition) is 3. The van der Waals surface area contributed by atoms with Crippen LogP contribution in [0.1, 0.15) is 24.2 Å². The predicted molar refractivity (Wildman–Crippen MR) is 77.5 cm³/mol. The quantitative estimate of drug-likeness (QED) is 0.807. The van der Waals surface area contributed by atoms with Gasteiger partial charge in [0.25, 0.3) is 11.8 Å². The first-order valence-corrected chi connectivity index (χ1v) is 6.93. The summed E-state index contributed by atoms with van der Waals surface area (Å²) in [4.78, 5) is 25.3. The highest BCUT2D eigenvalue weighted by Crippen LogP contribution is 2.09. The summed E-state index contributed by atoms with van der Waals surface area (Å²) in [6, 6.07) is 6.89. The van der Waals surface area contributed by atoms with Crippen LogP contribution in [0.3, 0.4) is 0 Å². The topological polar surface area (TPSA) is 61.4 Å². The predicted octanol–water partition coefficient (Wildman–Crippen LogP) is 1.55. The molecular formula is C13H18BrN3O2. The third-order valence-corrected chi connectivity index (χ3v) is 3.21. The van der Waals surface area contributed by atoms with Crippen molar-refractivity contribution in [2.24, 2.45) is 0 Å². The number of hydrogen-bond donors (Lipinski definition) is 2. The lowest BCUT2D eigenvalue weighted by Gasteiger charge is -2.17. The molecule has 0 aliphatic rings. The summed E-state index contributed by atoms with van der Waals surface area (Å²) in [6.07, 6.45) is 0. The molecule has 0 aliphatic carbocycles. The van der Waals surface area contributed by atoms with Gasteiger partial charge in [0.05, 0.1) is 6.54 Å². The van der Waals surface area contributed by atoms with Gasteiger partial charge in [-0.2, -0.15) is 0 Å². The summed E-state index contributed by atoms with van der Waals surface area (Å²) in [5.74, 6) is -0.561. The first-order valence-electron chi connectivity index (χ1n) is 6.14. The van der Waals surface area contributed by atoms with Crippen LogP contribution in [0.4, 0.5) is 0 Å². The Kier molecular flexibility index (Phi) is 6.52. The lowest BCUT2D eigenvalue weighted by molar-refractivity contribution is -0.122. The molecule has 0 aromatic heterocycles. The Labute approximate surface area is 121 Å². The average Bonchev–Trinajstić information content (AvgIpc) is 2.43. The monoisotopic (exact) mass is 327 g/mol. The second-order valence-corrected chi connectivity index (χ2v) is 4.89. The molecule has 5 nitrogen and oxygen atoms in total. The van der Waals surface area contributed by atoms with Crippen LogP contribution < -0.4 is 10.9 Å². The first kappa shape index (κ1) is 15.7. The highest BCUT2D eigenvalue weighted by Gasteiger charge is 2.09. The Hall–Kier alpha value is -1.40. The minimum absolute atomic E-state index is 0.228. The Morgan fingerprint density at radius 3 is 2.21 bits per heavy atom. The van der Waals surface area contributed by atoms with Crippen LogP contribution in [0.25, 0.3) is 0 Å². The van der Waals surface area contributed by atoms with Crippen LogP contribution in [0, 0.1) is 0 Å². The number of hydrazine groups is 1. The van der Waals surface area contributed by atoms with Crippen molar-refractivity contribution < 1.29 is 9.59 Å². The summed E-state index contributed by atoms with van der Waals surface area (Å²) in [7, 11) is 0. The molecule has 0 fully saturated rings. The number of nitrogens with one attached hydrogen (secondary N) is 2. The maximum absolute atomic E-state index is 11.7. The van der Waals surface area contributed by atoms with Crippen LogP contribution in [0.5, 0.6) is 0 Å². The van der Waals surface area contributed by atoms with Gasteiger partial charge in [-0.05, 0) is 37.4 Å². The summed E-state index contributed by atoms with van der Waals surface area (Å²) in [5.41, 5.74) is 5.29. The standard InChI is InChI=1S/C13H18BrN3O2/c1-3-17(4-2)9-12(18)15-16-13(19)10-5-7-11(14)8-6-10/h5-8H,3-4,9H2,1-2H3,(H,15,18)(H,16,19). The van der Waals surface area contributed by atoms with E-state index in [4.69, 9.17) is 0 Å². The third-order valence-electron chi connectivity index (χ3n) is 2.68. The highest BCUT2D eigenvalue weighted by atomic mass is 79.9. The Morgan fingerprint density at radius 1 is 1.11 bits per heavy atom. The summed E-state index contributed by atoms with van der Waals surface area (Å²) >= 11 is 3.29. The summed E-state index contributed by atoms with van der Waals surface area (Å²) in [5, 5.41) is 0. The molecule has 2 N–H and O–H groups in total. The van der Waals surface area contributed by atoms with E-state index in [1.165, 1.54) is 0 Å². The first-order chi connectivity index (χ1) is 9.06. The number of halogens is 1. The van der Waals surface area contributed by atoms with Crippen molar-refractivity contribution in [3.63, 3.8) is 0 Å². The van der Waals surface area contributed by atoms with E-state index in [2.05, 4.69) is 26.8 Å². The van der Waals surface area contributed by atoms with E-state index in [1.54, 1.807) is 24.3 Å². The number of amides is 2. The van der Waals surface area contributed by atoms with Crippen LogP contribution in [-0.4, -0.2) is 36.3 Å². The van der Waals surface area contributed by atoms with E-state index in [1.807, 2.05) is 18.7 Å². The van der Waals surface area contributed by atoms with Gasteiger partial charge in [-0.1, -0.05) is 29.8 Å². The van der Waals surface area contributed by atoms with Gasteiger partial charge in [-0.25, -0.2) is 0 Å². The molecule has 0 unspecified atom stereocenters. The van der Waals surface area contributed by atoms with Crippen LogP contribution in [-0.2, 0) is 4.79 Å². The Morgan fingerprint density at radius 2 is 1.68 bits per heavy atom. The van der Waals surface area contributed by atoms with E-state index in [9.17, 15) is 9.59 Å². The van der Waals surface area contributed by atoms with Crippen molar-refractivity contribution in [3.8, 4) is 0 Å². The maximum atomic E-state index is 11.7. The Bertz CT molecular complexity index is 430. The van der Waals surface area contributed by atoms with Gasteiger partial charge in [0.2, 0.25) is 0 Å². The molecule has 1 aromatic rings. The SMILES string of the molecule is CCN(CC)CC(=O)NNC(=O)c1ccc(Br)cc1. The molecule has 104 valence electrons. The average molecular weight is 328 g/mol. The van der Waals surface area contributed by atoms with Crippen molar-refractivity contribution in [2.75, 3.05) is 19.6 Å². The van der Waals surface area contributed by atoms with E-state index in [0.29, 0.717) is 5.56 Å². The zero-order chi connectivity index (χ0) is 14.3. The molecular weight excluding hydrogens is 310 g/mol. The van der Waals surface area contributed by atoms with Gasteiger partial charge in [0.15, 0.2) is 0 Å². The molecule has 0 heterocycles. The number of carbonyl (C=O) groups excluding carboxylic acids is 2. The molecule has 2 amide bonds. The van der Waals surface area contributed by atoms with Crippen LogP contribution >= 0.6 is 15.9 Å². The molecule has 1 aromatic carbocycles. The largest absolute Gasteiger partial charge is 0.295 e. The summed E-state index contributed by atoms with van der Waals surface area (Å²) in [6.45, 7) is 5.83. The minimum atomic E-state index is -0.333. The molecule has 0 saturated heterocycles. The van der Waals surface area contributed by atoms with E-state index in [-0.39, 0.29) is 18.4 Å².